The van der Waals surface area contributed by atoms with Gasteiger partial charge in [0.05, 0.1) is 16.6 Å². The molecule has 10 nitrogen and oxygen atoms in total. The normalized spacial score (nSPS) is 13.9. The van der Waals surface area contributed by atoms with Gasteiger partial charge in [-0.3, -0.25) is 14.4 Å². The molecule has 1 fully saturated rings. The first-order valence-corrected chi connectivity index (χ1v) is 10.5. The molecule has 172 valence electrons. The maximum atomic E-state index is 14.7. The van der Waals surface area contributed by atoms with Crippen LogP contribution < -0.4 is 5.73 Å². The van der Waals surface area contributed by atoms with Crippen molar-refractivity contribution in [2.45, 2.75) is 0 Å². The first-order valence-electron chi connectivity index (χ1n) is 10.5. The molecule has 3 N–H and O–H groups in total. The number of carbonyl (C=O) groups is 3. The van der Waals surface area contributed by atoms with Crippen LogP contribution in [0.5, 0.6) is 0 Å². The Balaban J connectivity index is 1.35. The number of Topliss-reactive ketones (excluding diaryl/α,β-unsaturated/α-hetero) is 1. The van der Waals surface area contributed by atoms with E-state index in [-0.39, 0.29) is 60.5 Å². The number of H-pyrrole nitrogens is 1. The largest absolute Gasteiger partial charge is 0.403 e. The first kappa shape index (κ1) is 21.3. The van der Waals surface area contributed by atoms with Crippen LogP contribution in [0.25, 0.3) is 22.4 Å². The average molecular weight is 462 g/mol. The minimum Gasteiger partial charge on any atom is -0.403 e. The maximum absolute atomic E-state index is 14.7. The summed E-state index contributed by atoms with van der Waals surface area (Å²) in [5.74, 6) is -2.38. The van der Waals surface area contributed by atoms with Gasteiger partial charge in [-0.2, -0.15) is 0 Å². The molecule has 0 unspecified atom stereocenters. The lowest BCUT2D eigenvalue weighted by Gasteiger charge is -2.34. The van der Waals surface area contributed by atoms with Gasteiger partial charge in [-0.05, 0) is 24.3 Å². The molecule has 3 heterocycles. The Hall–Kier alpha value is -4.54. The monoisotopic (exact) mass is 462 g/mol. The number of nitrogens with zero attached hydrogens (tertiary/aromatic N) is 4. The number of aromatic nitrogens is 3. The van der Waals surface area contributed by atoms with Gasteiger partial charge >= 0.3 is 6.01 Å². The van der Waals surface area contributed by atoms with Crippen LogP contribution in [-0.4, -0.2) is 68.8 Å². The van der Waals surface area contributed by atoms with Crippen molar-refractivity contribution in [1.82, 2.24) is 25.0 Å². The van der Waals surface area contributed by atoms with Gasteiger partial charge in [0.2, 0.25) is 0 Å². The molecule has 2 amide bonds. The average Bonchev–Trinajstić information content (AvgIpc) is 3.51. The van der Waals surface area contributed by atoms with E-state index in [0.717, 1.165) is 6.07 Å². The number of hydrogen-bond acceptors (Lipinski definition) is 7. The van der Waals surface area contributed by atoms with E-state index in [1.54, 1.807) is 29.2 Å². The Kier molecular flexibility index (Phi) is 5.28. The summed E-state index contributed by atoms with van der Waals surface area (Å²) in [4.78, 5) is 44.4. The summed E-state index contributed by atoms with van der Waals surface area (Å²) in [6.07, 6.45) is 1.28. The molecule has 0 atom stereocenters. The van der Waals surface area contributed by atoms with Crippen LogP contribution in [0.15, 0.2) is 53.1 Å². The van der Waals surface area contributed by atoms with E-state index in [0.29, 0.717) is 11.1 Å². The first-order chi connectivity index (χ1) is 16.4. The zero-order valence-corrected chi connectivity index (χ0v) is 17.8. The van der Waals surface area contributed by atoms with Crippen molar-refractivity contribution >= 4 is 34.5 Å². The second kappa shape index (κ2) is 8.43. The molecule has 0 aliphatic carbocycles. The Bertz CT molecular complexity index is 1410. The lowest BCUT2D eigenvalue weighted by molar-refractivity contribution is -0.127. The molecule has 0 spiro atoms. The second-order valence-electron chi connectivity index (χ2n) is 7.77. The Morgan fingerprint density at radius 3 is 2.35 bits per heavy atom. The maximum Gasteiger partial charge on any atom is 0.313 e. The van der Waals surface area contributed by atoms with Crippen molar-refractivity contribution in [3.8, 4) is 11.5 Å². The predicted molar refractivity (Wildman–Crippen MR) is 119 cm³/mol. The Morgan fingerprint density at radius 1 is 0.971 bits per heavy atom. The number of aromatic amines is 1. The third-order valence-electron chi connectivity index (χ3n) is 5.77. The molecule has 34 heavy (non-hydrogen) atoms. The molecule has 2 aromatic carbocycles. The number of amides is 2. The number of carbonyl (C=O) groups excluding carboxylic acids is 3. The standard InChI is InChI=1S/C23H19FN6O4/c24-16-7-6-14(20-27-28-23(25)34-20)18-17(16)15(12-26-18)19(31)22(33)30-10-8-29(9-11-30)21(32)13-4-2-1-3-5-13/h1-7,12,26H,8-11H2,(H2,25,28). The smallest absolute Gasteiger partial charge is 0.313 e. The van der Waals surface area contributed by atoms with Crippen LogP contribution in [0.4, 0.5) is 10.4 Å². The van der Waals surface area contributed by atoms with Gasteiger partial charge in [0.25, 0.3) is 23.5 Å². The van der Waals surface area contributed by atoms with Crippen molar-refractivity contribution in [3.05, 3.63) is 65.6 Å². The highest BCUT2D eigenvalue weighted by atomic mass is 19.1. The molecule has 0 radical (unpaired) electrons. The predicted octanol–water partition coefficient (Wildman–Crippen LogP) is 2.11. The number of fused-ring (bicyclic) bond motifs is 1. The fourth-order valence-corrected chi connectivity index (χ4v) is 4.04. The Labute approximate surface area is 192 Å². The number of piperazine rings is 1. The summed E-state index contributed by atoms with van der Waals surface area (Å²) in [7, 11) is 0. The third-order valence-corrected chi connectivity index (χ3v) is 5.77. The van der Waals surface area contributed by atoms with E-state index >= 15 is 0 Å². The summed E-state index contributed by atoms with van der Waals surface area (Å²) in [5, 5.41) is 7.33. The van der Waals surface area contributed by atoms with E-state index in [1.165, 1.54) is 17.2 Å². The highest BCUT2D eigenvalue weighted by Gasteiger charge is 2.31. The van der Waals surface area contributed by atoms with Gasteiger partial charge in [-0.15, -0.1) is 5.10 Å². The molecule has 11 heteroatoms. The van der Waals surface area contributed by atoms with Crippen LogP contribution in [-0.2, 0) is 4.79 Å². The fourth-order valence-electron chi connectivity index (χ4n) is 4.04. The number of benzene rings is 2. The summed E-state index contributed by atoms with van der Waals surface area (Å²) in [6.45, 7) is 0.969. The number of nitrogens with one attached hydrogen (secondary N) is 1. The van der Waals surface area contributed by atoms with Gasteiger partial charge in [0, 0.05) is 43.3 Å². The topological polar surface area (TPSA) is 138 Å². The summed E-state index contributed by atoms with van der Waals surface area (Å²) < 4.78 is 19.9. The van der Waals surface area contributed by atoms with Crippen LogP contribution in [0.3, 0.4) is 0 Å². The summed E-state index contributed by atoms with van der Waals surface area (Å²) >= 11 is 0. The molecule has 5 rings (SSSR count). The number of hydrogen-bond donors (Lipinski definition) is 2. The van der Waals surface area contributed by atoms with Crippen LogP contribution >= 0.6 is 0 Å². The summed E-state index contributed by atoms with van der Waals surface area (Å²) in [5.41, 5.74) is 6.51. The number of nitrogens with two attached hydrogens (primary N) is 1. The van der Waals surface area contributed by atoms with Crippen molar-refractivity contribution in [2.24, 2.45) is 0 Å². The molecule has 0 saturated carbocycles. The van der Waals surface area contributed by atoms with Gasteiger partial charge in [-0.25, -0.2) is 4.39 Å². The van der Waals surface area contributed by atoms with E-state index in [2.05, 4.69) is 15.2 Å². The van der Waals surface area contributed by atoms with E-state index in [4.69, 9.17) is 10.2 Å². The van der Waals surface area contributed by atoms with Crippen LogP contribution in [0.1, 0.15) is 20.7 Å². The van der Waals surface area contributed by atoms with E-state index < -0.39 is 17.5 Å². The van der Waals surface area contributed by atoms with Crippen molar-refractivity contribution in [1.29, 1.82) is 0 Å². The molecule has 1 aliphatic rings. The number of anilines is 1. The minimum atomic E-state index is -0.852. The quantitative estimate of drug-likeness (QED) is 0.350. The molecule has 2 aromatic heterocycles. The molecule has 0 bridgehead atoms. The van der Waals surface area contributed by atoms with Gasteiger partial charge in [-0.1, -0.05) is 23.3 Å². The van der Waals surface area contributed by atoms with Crippen LogP contribution in [0.2, 0.25) is 0 Å². The minimum absolute atomic E-state index is 0.0499. The highest BCUT2D eigenvalue weighted by molar-refractivity contribution is 6.45. The molecular formula is C23H19FN6O4. The zero-order chi connectivity index (χ0) is 23.8. The molecule has 1 saturated heterocycles. The van der Waals surface area contributed by atoms with Gasteiger partial charge in [0.15, 0.2) is 0 Å². The van der Waals surface area contributed by atoms with Gasteiger partial charge < -0.3 is 24.9 Å². The molecule has 1 aliphatic heterocycles. The molecular weight excluding hydrogens is 443 g/mol. The highest BCUT2D eigenvalue weighted by Crippen LogP contribution is 2.32. The Morgan fingerprint density at radius 2 is 1.68 bits per heavy atom. The number of nitrogen functional groups attached to an aromatic ring is 1. The number of halogens is 1. The lowest BCUT2D eigenvalue weighted by Crippen LogP contribution is -2.52. The number of rotatable bonds is 4. The SMILES string of the molecule is Nc1nnc(-c2ccc(F)c3c(C(=O)C(=O)N4CCN(C(=O)c5ccccc5)CC4)c[nH]c23)o1. The fraction of sp³-hybridized carbons (Fsp3) is 0.174. The third kappa shape index (κ3) is 3.66. The van der Waals surface area contributed by atoms with E-state index in [9.17, 15) is 18.8 Å². The van der Waals surface area contributed by atoms with Crippen LogP contribution in [0, 0.1) is 5.82 Å². The van der Waals surface area contributed by atoms with Crippen molar-refractivity contribution < 1.29 is 23.2 Å². The lowest BCUT2D eigenvalue weighted by atomic mass is 10.0. The zero-order valence-electron chi connectivity index (χ0n) is 17.8. The summed E-state index contributed by atoms with van der Waals surface area (Å²) in [6, 6.07) is 11.3. The van der Waals surface area contributed by atoms with Gasteiger partial charge in [0.1, 0.15) is 5.82 Å². The van der Waals surface area contributed by atoms with E-state index in [1.807, 2.05) is 6.07 Å². The van der Waals surface area contributed by atoms with Crippen molar-refractivity contribution in [2.75, 3.05) is 31.9 Å². The second-order valence-corrected chi connectivity index (χ2v) is 7.77. The molecule has 4 aromatic rings. The van der Waals surface area contributed by atoms with Crippen molar-refractivity contribution in [3.63, 3.8) is 0 Å². The number of ketones is 1.